The molecule has 6 nitrogen and oxygen atoms in total. The summed E-state index contributed by atoms with van der Waals surface area (Å²) < 4.78 is 5.13. The van der Waals surface area contributed by atoms with Gasteiger partial charge in [0.25, 0.3) is 5.91 Å². The summed E-state index contributed by atoms with van der Waals surface area (Å²) >= 11 is 11.7. The number of aliphatic carboxylic acids is 1. The lowest BCUT2D eigenvalue weighted by molar-refractivity contribution is -0.141. The zero-order valence-electron chi connectivity index (χ0n) is 10.5. The van der Waals surface area contributed by atoms with E-state index in [9.17, 15) is 14.7 Å². The smallest absolute Gasteiger partial charge is 0.326 e. The third kappa shape index (κ3) is 2.87. The highest BCUT2D eigenvalue weighted by atomic mass is 35.5. The first-order valence-electron chi connectivity index (χ1n) is 5.81. The second-order valence-electron chi connectivity index (χ2n) is 4.39. The Morgan fingerprint density at radius 3 is 2.80 bits per heavy atom. The van der Waals surface area contributed by atoms with Crippen LogP contribution in [0.25, 0.3) is 0 Å². The van der Waals surface area contributed by atoms with Crippen molar-refractivity contribution in [3.8, 4) is 0 Å². The number of carboxylic acid groups (broad SMARTS) is 1. The molecule has 2 unspecified atom stereocenters. The van der Waals surface area contributed by atoms with Gasteiger partial charge in [0.1, 0.15) is 11.2 Å². The summed E-state index contributed by atoms with van der Waals surface area (Å²) in [5, 5.41) is 9.44. The minimum Gasteiger partial charge on any atom is -0.480 e. The number of nitrogens with zero attached hydrogens (tertiary/aromatic N) is 2. The third-order valence-corrected chi connectivity index (χ3v) is 3.70. The second kappa shape index (κ2) is 5.95. The molecular weight excluding hydrogens is 307 g/mol. The first-order valence-corrected chi connectivity index (χ1v) is 6.57. The van der Waals surface area contributed by atoms with Crippen LogP contribution in [0.15, 0.2) is 12.3 Å². The van der Waals surface area contributed by atoms with Gasteiger partial charge >= 0.3 is 5.97 Å². The maximum atomic E-state index is 12.4. The zero-order valence-corrected chi connectivity index (χ0v) is 12.1. The molecule has 2 rings (SSSR count). The minimum absolute atomic E-state index is 0.118. The molecule has 1 fully saturated rings. The van der Waals surface area contributed by atoms with E-state index in [1.165, 1.54) is 24.3 Å². The average Bonchev–Trinajstić information content (AvgIpc) is 2.85. The topological polar surface area (TPSA) is 79.7 Å². The molecule has 1 amide bonds. The molecule has 108 valence electrons. The van der Waals surface area contributed by atoms with Crippen molar-refractivity contribution in [2.75, 3.05) is 13.7 Å². The van der Waals surface area contributed by atoms with Gasteiger partial charge in [0, 0.05) is 26.3 Å². The molecule has 1 aromatic heterocycles. The Morgan fingerprint density at radius 1 is 1.50 bits per heavy atom. The summed E-state index contributed by atoms with van der Waals surface area (Å²) in [5.41, 5.74) is 0.134. The molecule has 8 heteroatoms. The van der Waals surface area contributed by atoms with E-state index >= 15 is 0 Å². The molecule has 1 N–H and O–H groups in total. The summed E-state index contributed by atoms with van der Waals surface area (Å²) in [7, 11) is 1.48. The number of carboxylic acids is 1. The van der Waals surface area contributed by atoms with Crippen LogP contribution in [0.1, 0.15) is 16.8 Å². The van der Waals surface area contributed by atoms with Crippen LogP contribution < -0.4 is 0 Å². The van der Waals surface area contributed by atoms with Crippen molar-refractivity contribution in [3.05, 3.63) is 28.0 Å². The summed E-state index contributed by atoms with van der Waals surface area (Å²) in [6.45, 7) is 0.197. The maximum absolute atomic E-state index is 12.4. The lowest BCUT2D eigenvalue weighted by Gasteiger charge is -2.21. The fraction of sp³-hybridized carbons (Fsp3) is 0.417. The number of ether oxygens (including phenoxy) is 1. The van der Waals surface area contributed by atoms with Crippen LogP contribution in [0, 0.1) is 0 Å². The largest absolute Gasteiger partial charge is 0.480 e. The highest BCUT2D eigenvalue weighted by molar-refractivity contribution is 6.35. The van der Waals surface area contributed by atoms with Gasteiger partial charge in [-0.15, -0.1) is 0 Å². The van der Waals surface area contributed by atoms with E-state index in [-0.39, 0.29) is 34.8 Å². The summed E-state index contributed by atoms with van der Waals surface area (Å²) in [5.74, 6) is -1.57. The van der Waals surface area contributed by atoms with Crippen molar-refractivity contribution in [1.29, 1.82) is 0 Å². The fourth-order valence-corrected chi connectivity index (χ4v) is 2.50. The molecule has 0 radical (unpaired) electrons. The summed E-state index contributed by atoms with van der Waals surface area (Å²) in [6.07, 6.45) is 1.20. The number of halogens is 2. The summed E-state index contributed by atoms with van der Waals surface area (Å²) in [6, 6.07) is 0.390. The fourth-order valence-electron chi connectivity index (χ4n) is 2.16. The highest BCUT2D eigenvalue weighted by Gasteiger charge is 2.40. The Labute approximate surface area is 125 Å². The monoisotopic (exact) mass is 318 g/mol. The second-order valence-corrected chi connectivity index (χ2v) is 5.19. The molecule has 1 aliphatic rings. The maximum Gasteiger partial charge on any atom is 0.326 e. The van der Waals surface area contributed by atoms with Gasteiger partial charge in [0.2, 0.25) is 0 Å². The SMILES string of the molecule is COC1CC(C(=O)O)N(C(=O)c2cc(Cl)ncc2Cl)C1. The highest BCUT2D eigenvalue weighted by Crippen LogP contribution is 2.26. The van der Waals surface area contributed by atoms with E-state index in [0.717, 1.165) is 0 Å². The van der Waals surface area contributed by atoms with Crippen LogP contribution in [0.2, 0.25) is 10.2 Å². The lowest BCUT2D eigenvalue weighted by Crippen LogP contribution is -2.40. The van der Waals surface area contributed by atoms with E-state index in [4.69, 9.17) is 27.9 Å². The van der Waals surface area contributed by atoms with Crippen molar-refractivity contribution >= 4 is 35.1 Å². The predicted octanol–water partition coefficient (Wildman–Crippen LogP) is 1.70. The zero-order chi connectivity index (χ0) is 14.9. The standard InChI is InChI=1S/C12H12Cl2N2O4/c1-20-6-2-9(12(18)19)16(5-6)11(17)7-3-10(14)15-4-8(7)13/h3-4,6,9H,2,5H2,1H3,(H,18,19). The molecule has 0 bridgehead atoms. The van der Waals surface area contributed by atoms with Gasteiger partial charge in [-0.25, -0.2) is 9.78 Å². The predicted molar refractivity (Wildman–Crippen MR) is 72.1 cm³/mol. The summed E-state index contributed by atoms with van der Waals surface area (Å²) in [4.78, 5) is 28.7. The normalized spacial score (nSPS) is 22.1. The molecule has 20 heavy (non-hydrogen) atoms. The van der Waals surface area contributed by atoms with Crippen LogP contribution in [0.4, 0.5) is 0 Å². The van der Waals surface area contributed by atoms with Crippen LogP contribution in [-0.2, 0) is 9.53 Å². The molecule has 1 aliphatic heterocycles. The van der Waals surface area contributed by atoms with E-state index in [0.29, 0.717) is 0 Å². The number of carbonyl (C=O) groups excluding carboxylic acids is 1. The molecule has 0 saturated carbocycles. The molecule has 1 saturated heterocycles. The Hall–Kier alpha value is -1.37. The number of methoxy groups -OCH3 is 1. The number of pyridine rings is 1. The van der Waals surface area contributed by atoms with Crippen molar-refractivity contribution < 1.29 is 19.4 Å². The van der Waals surface area contributed by atoms with Gasteiger partial charge in [-0.3, -0.25) is 4.79 Å². The molecular formula is C12H12Cl2N2O4. The van der Waals surface area contributed by atoms with Crippen LogP contribution in [-0.4, -0.2) is 52.7 Å². The molecule has 2 atom stereocenters. The molecule has 0 spiro atoms. The first kappa shape index (κ1) is 15.0. The number of amides is 1. The number of likely N-dealkylation sites (tertiary alicyclic amines) is 1. The van der Waals surface area contributed by atoms with Crippen LogP contribution >= 0.6 is 23.2 Å². The van der Waals surface area contributed by atoms with Crippen LogP contribution in [0.5, 0.6) is 0 Å². The number of rotatable bonds is 3. The number of aromatic nitrogens is 1. The molecule has 0 aliphatic carbocycles. The molecule has 0 aromatic carbocycles. The van der Waals surface area contributed by atoms with Gasteiger partial charge in [-0.2, -0.15) is 0 Å². The van der Waals surface area contributed by atoms with Gasteiger partial charge in [0.05, 0.1) is 16.7 Å². The van der Waals surface area contributed by atoms with Gasteiger partial charge in [0.15, 0.2) is 0 Å². The quantitative estimate of drug-likeness (QED) is 0.858. The van der Waals surface area contributed by atoms with Gasteiger partial charge in [-0.05, 0) is 6.07 Å². The van der Waals surface area contributed by atoms with Crippen molar-refractivity contribution in [1.82, 2.24) is 9.88 Å². The van der Waals surface area contributed by atoms with Crippen molar-refractivity contribution in [2.24, 2.45) is 0 Å². The van der Waals surface area contributed by atoms with Crippen LogP contribution in [0.3, 0.4) is 0 Å². The average molecular weight is 319 g/mol. The Morgan fingerprint density at radius 2 is 2.20 bits per heavy atom. The number of hydrogen-bond acceptors (Lipinski definition) is 4. The number of hydrogen-bond donors (Lipinski definition) is 1. The van der Waals surface area contributed by atoms with Crippen molar-refractivity contribution in [3.63, 3.8) is 0 Å². The Kier molecular flexibility index (Phi) is 4.47. The van der Waals surface area contributed by atoms with Gasteiger partial charge < -0.3 is 14.7 Å². The number of carbonyl (C=O) groups is 2. The lowest BCUT2D eigenvalue weighted by atomic mass is 10.2. The Balaban J connectivity index is 2.31. The van der Waals surface area contributed by atoms with E-state index in [2.05, 4.69) is 4.98 Å². The van der Waals surface area contributed by atoms with E-state index in [1.807, 2.05) is 0 Å². The Bertz CT molecular complexity index is 552. The van der Waals surface area contributed by atoms with Gasteiger partial charge in [-0.1, -0.05) is 23.2 Å². The van der Waals surface area contributed by atoms with Crippen molar-refractivity contribution in [2.45, 2.75) is 18.6 Å². The van der Waals surface area contributed by atoms with E-state index in [1.54, 1.807) is 0 Å². The third-order valence-electron chi connectivity index (χ3n) is 3.19. The minimum atomic E-state index is -1.07. The molecule has 1 aromatic rings. The van der Waals surface area contributed by atoms with E-state index < -0.39 is 17.9 Å². The molecule has 2 heterocycles. The first-order chi connectivity index (χ1) is 9.43.